The van der Waals surface area contributed by atoms with Crippen molar-refractivity contribution in [2.75, 3.05) is 13.1 Å². The number of nitrogens with one attached hydrogen (secondary N) is 1. The van der Waals surface area contributed by atoms with E-state index in [0.29, 0.717) is 0 Å². The monoisotopic (exact) mass is 322 g/mol. The highest BCUT2D eigenvalue weighted by Gasteiger charge is 2.53. The van der Waals surface area contributed by atoms with Crippen LogP contribution in [0.3, 0.4) is 0 Å². The zero-order valence-corrected chi connectivity index (χ0v) is 12.4. The van der Waals surface area contributed by atoms with Crippen LogP contribution in [0.15, 0.2) is 0 Å². The normalized spacial score (nSPS) is 28.7. The molecule has 1 saturated carbocycles. The first-order chi connectivity index (χ1) is 10.2. The van der Waals surface area contributed by atoms with Gasteiger partial charge in [0.1, 0.15) is 0 Å². The van der Waals surface area contributed by atoms with Crippen molar-refractivity contribution in [2.45, 2.75) is 50.9 Å². The fourth-order valence-electron chi connectivity index (χ4n) is 3.29. The molecule has 22 heavy (non-hydrogen) atoms. The lowest BCUT2D eigenvalue weighted by molar-refractivity contribution is -0.188. The number of carbonyl (C=O) groups excluding carboxylic acids is 1. The van der Waals surface area contributed by atoms with Gasteiger partial charge < -0.3 is 10.4 Å². The Labute approximate surface area is 126 Å². The van der Waals surface area contributed by atoms with E-state index < -0.39 is 36.6 Å². The second kappa shape index (κ2) is 6.44. The van der Waals surface area contributed by atoms with Crippen LogP contribution < -0.4 is 5.32 Å². The molecule has 2 rings (SSSR count). The van der Waals surface area contributed by atoms with Gasteiger partial charge in [0.25, 0.3) is 0 Å². The highest BCUT2D eigenvalue weighted by Crippen LogP contribution is 2.38. The summed E-state index contributed by atoms with van der Waals surface area (Å²) in [7, 11) is 0. The predicted molar refractivity (Wildman–Crippen MR) is 72.1 cm³/mol. The van der Waals surface area contributed by atoms with E-state index in [9.17, 15) is 22.8 Å². The third kappa shape index (κ3) is 3.71. The summed E-state index contributed by atoms with van der Waals surface area (Å²) in [6, 6.07) is -0.666. The number of likely N-dealkylation sites (tertiary alicyclic amines) is 1. The summed E-state index contributed by atoms with van der Waals surface area (Å²) in [5.41, 5.74) is 0. The van der Waals surface area contributed by atoms with Crippen LogP contribution in [0, 0.1) is 11.8 Å². The smallest absolute Gasteiger partial charge is 0.393 e. The number of alkyl halides is 3. The number of rotatable bonds is 4. The summed E-state index contributed by atoms with van der Waals surface area (Å²) in [4.78, 5) is 24.5. The van der Waals surface area contributed by atoms with E-state index in [1.165, 1.54) is 11.8 Å². The Hall–Kier alpha value is -1.31. The Morgan fingerprint density at radius 3 is 2.27 bits per heavy atom. The number of amides is 1. The summed E-state index contributed by atoms with van der Waals surface area (Å²) < 4.78 is 38.8. The summed E-state index contributed by atoms with van der Waals surface area (Å²) in [5, 5.41) is 11.8. The topological polar surface area (TPSA) is 69.6 Å². The van der Waals surface area contributed by atoms with Gasteiger partial charge in [-0.15, -0.1) is 0 Å². The zero-order valence-electron chi connectivity index (χ0n) is 12.4. The summed E-state index contributed by atoms with van der Waals surface area (Å²) in [6.07, 6.45) is -0.706. The fraction of sp³-hybridized carbons (Fsp3) is 0.857. The molecule has 5 nitrogen and oxygen atoms in total. The Kier molecular flexibility index (Phi) is 4.99. The van der Waals surface area contributed by atoms with Crippen LogP contribution in [0.25, 0.3) is 0 Å². The van der Waals surface area contributed by atoms with Crippen LogP contribution in [0.1, 0.15) is 32.6 Å². The van der Waals surface area contributed by atoms with E-state index >= 15 is 0 Å². The Balaban J connectivity index is 1.99. The molecule has 0 aromatic heterocycles. The third-order valence-electron chi connectivity index (χ3n) is 4.71. The minimum atomic E-state index is -4.57. The van der Waals surface area contributed by atoms with Crippen molar-refractivity contribution >= 4 is 11.9 Å². The van der Waals surface area contributed by atoms with Crippen LogP contribution in [-0.4, -0.2) is 53.2 Å². The van der Waals surface area contributed by atoms with Gasteiger partial charge in [-0.2, -0.15) is 13.2 Å². The third-order valence-corrected chi connectivity index (χ3v) is 4.71. The molecule has 2 aliphatic rings. The molecule has 3 atom stereocenters. The second-order valence-electron chi connectivity index (χ2n) is 6.21. The van der Waals surface area contributed by atoms with E-state index in [2.05, 4.69) is 5.32 Å². The summed E-state index contributed by atoms with van der Waals surface area (Å²) >= 11 is 0. The molecule has 0 aromatic rings. The molecule has 1 aliphatic carbocycles. The van der Waals surface area contributed by atoms with E-state index in [0.717, 1.165) is 25.7 Å². The van der Waals surface area contributed by atoms with Gasteiger partial charge in [-0.1, -0.05) is 12.8 Å². The highest BCUT2D eigenvalue weighted by atomic mass is 19.4. The Morgan fingerprint density at radius 2 is 1.82 bits per heavy atom. The van der Waals surface area contributed by atoms with Gasteiger partial charge in [-0.05, 0) is 19.8 Å². The van der Waals surface area contributed by atoms with Crippen molar-refractivity contribution in [3.05, 3.63) is 0 Å². The number of halogens is 3. The van der Waals surface area contributed by atoms with Gasteiger partial charge in [-0.25, -0.2) is 0 Å². The maximum atomic E-state index is 12.9. The molecule has 2 N–H and O–H groups in total. The zero-order chi connectivity index (χ0) is 16.5. The van der Waals surface area contributed by atoms with Crippen molar-refractivity contribution in [3.8, 4) is 0 Å². The van der Waals surface area contributed by atoms with Crippen LogP contribution >= 0.6 is 0 Å². The quantitative estimate of drug-likeness (QED) is 0.825. The van der Waals surface area contributed by atoms with Crippen molar-refractivity contribution in [1.29, 1.82) is 0 Å². The van der Waals surface area contributed by atoms with Crippen molar-refractivity contribution in [3.63, 3.8) is 0 Å². The van der Waals surface area contributed by atoms with Gasteiger partial charge in [0.15, 0.2) is 0 Å². The molecule has 1 unspecified atom stereocenters. The Morgan fingerprint density at radius 1 is 1.23 bits per heavy atom. The fourth-order valence-corrected chi connectivity index (χ4v) is 3.29. The lowest BCUT2D eigenvalue weighted by Crippen LogP contribution is -2.47. The van der Waals surface area contributed by atoms with E-state index in [1.807, 2.05) is 0 Å². The standard InChI is InChI=1S/C14H21F3N2O3/c1-8(12(20)18-9-4-2-3-5-9)19-6-10(13(21)22)11(7-19)14(15,16)17/h8-11H,2-7H2,1H3,(H,18,20)(H,21,22)/t8?,10-,11-/m1/s1. The van der Waals surface area contributed by atoms with Crippen LogP contribution in [-0.2, 0) is 9.59 Å². The maximum absolute atomic E-state index is 12.9. The minimum Gasteiger partial charge on any atom is -0.481 e. The summed E-state index contributed by atoms with van der Waals surface area (Å²) in [5.74, 6) is -5.22. The molecule has 8 heteroatoms. The number of hydrogen-bond acceptors (Lipinski definition) is 3. The van der Waals surface area contributed by atoms with Crippen molar-refractivity contribution in [2.24, 2.45) is 11.8 Å². The second-order valence-corrected chi connectivity index (χ2v) is 6.21. The number of aliphatic carboxylic acids is 1. The Bertz CT molecular complexity index is 436. The SMILES string of the molecule is CC(C(=O)NC1CCCC1)N1C[C@@H](C(F)(F)F)[C@H](C(=O)O)C1. The molecule has 0 radical (unpaired) electrons. The van der Waals surface area contributed by atoms with Gasteiger partial charge in [0, 0.05) is 19.1 Å². The maximum Gasteiger partial charge on any atom is 0.393 e. The number of carboxylic acid groups (broad SMARTS) is 1. The molecule has 0 spiro atoms. The number of carboxylic acids is 1. The molecular formula is C14H21F3N2O3. The average Bonchev–Trinajstić information content (AvgIpc) is 3.05. The lowest BCUT2D eigenvalue weighted by Gasteiger charge is -2.25. The first-order valence-corrected chi connectivity index (χ1v) is 7.54. The summed E-state index contributed by atoms with van der Waals surface area (Å²) in [6.45, 7) is 0.834. The van der Waals surface area contributed by atoms with E-state index in [1.54, 1.807) is 0 Å². The molecule has 0 aromatic carbocycles. The van der Waals surface area contributed by atoms with Crippen LogP contribution in [0.4, 0.5) is 13.2 Å². The molecule has 1 aliphatic heterocycles. The molecule has 1 saturated heterocycles. The van der Waals surface area contributed by atoms with Gasteiger partial charge in [0.05, 0.1) is 17.9 Å². The van der Waals surface area contributed by atoms with Crippen LogP contribution in [0.2, 0.25) is 0 Å². The highest BCUT2D eigenvalue weighted by molar-refractivity contribution is 5.82. The lowest BCUT2D eigenvalue weighted by atomic mass is 9.96. The van der Waals surface area contributed by atoms with Gasteiger partial charge in [0.2, 0.25) is 5.91 Å². The largest absolute Gasteiger partial charge is 0.481 e. The molecular weight excluding hydrogens is 301 g/mol. The van der Waals surface area contributed by atoms with E-state index in [-0.39, 0.29) is 18.5 Å². The first-order valence-electron chi connectivity index (χ1n) is 7.54. The molecule has 1 amide bonds. The molecule has 0 bridgehead atoms. The average molecular weight is 322 g/mol. The predicted octanol–water partition coefficient (Wildman–Crippen LogP) is 1.63. The van der Waals surface area contributed by atoms with Crippen molar-refractivity contribution in [1.82, 2.24) is 10.2 Å². The number of hydrogen-bond donors (Lipinski definition) is 2. The number of nitrogens with zero attached hydrogens (tertiary/aromatic N) is 1. The number of carbonyl (C=O) groups is 2. The van der Waals surface area contributed by atoms with Gasteiger partial charge in [-0.3, -0.25) is 14.5 Å². The minimum absolute atomic E-state index is 0.0891. The van der Waals surface area contributed by atoms with E-state index in [4.69, 9.17) is 5.11 Å². The van der Waals surface area contributed by atoms with Crippen LogP contribution in [0.5, 0.6) is 0 Å². The van der Waals surface area contributed by atoms with Gasteiger partial charge >= 0.3 is 12.1 Å². The van der Waals surface area contributed by atoms with Crippen molar-refractivity contribution < 1.29 is 27.9 Å². The molecule has 1 heterocycles. The first kappa shape index (κ1) is 17.1. The molecule has 126 valence electrons. The molecule has 2 fully saturated rings.